The number of benzene rings is 3. The molecule has 3 aromatic rings. The van der Waals surface area contributed by atoms with Gasteiger partial charge in [-0.25, -0.2) is 28.0 Å². The van der Waals surface area contributed by atoms with E-state index in [0.717, 1.165) is 6.07 Å². The Morgan fingerprint density at radius 3 is 1.43 bits per heavy atom. The summed E-state index contributed by atoms with van der Waals surface area (Å²) in [7, 11) is 0. The zero-order chi connectivity index (χ0) is 34.3. The van der Waals surface area contributed by atoms with Crippen LogP contribution in [0.1, 0.15) is 38.8 Å². The quantitative estimate of drug-likeness (QED) is 0.0920. The summed E-state index contributed by atoms with van der Waals surface area (Å²) in [5, 5.41) is 0. The SMILES string of the molecule is C=C(C)C(=O)Oc1cc(OC(=O)C(=C)C)cc(-c2ccc(/C=C/c3cc(OC(=O)C(=C)C)cc(OC(=O)C(=C)C)c3F)c(F)c2)c1. The minimum absolute atomic E-state index is 0.00334. The number of hydrogen-bond donors (Lipinski definition) is 0. The Balaban J connectivity index is 2.02. The average molecular weight is 629 g/mol. The molecule has 236 valence electrons. The maximum atomic E-state index is 15.4. The van der Waals surface area contributed by atoms with Gasteiger partial charge in [0.2, 0.25) is 0 Å². The van der Waals surface area contributed by atoms with Gasteiger partial charge in [0.1, 0.15) is 23.1 Å². The van der Waals surface area contributed by atoms with E-state index in [0.29, 0.717) is 11.1 Å². The molecule has 0 radical (unpaired) electrons. The van der Waals surface area contributed by atoms with E-state index in [1.54, 1.807) is 0 Å². The predicted molar refractivity (Wildman–Crippen MR) is 169 cm³/mol. The first-order valence-corrected chi connectivity index (χ1v) is 13.5. The fraction of sp³-hybridized carbons (Fsp3) is 0.111. The van der Waals surface area contributed by atoms with Crippen molar-refractivity contribution in [1.82, 2.24) is 0 Å². The number of rotatable bonds is 11. The van der Waals surface area contributed by atoms with E-state index in [4.69, 9.17) is 18.9 Å². The molecule has 0 aliphatic heterocycles. The lowest BCUT2D eigenvalue weighted by atomic mass is 10.0. The number of esters is 4. The molecule has 46 heavy (non-hydrogen) atoms. The van der Waals surface area contributed by atoms with Crippen LogP contribution in [0.5, 0.6) is 23.0 Å². The third-order valence-electron chi connectivity index (χ3n) is 5.93. The Morgan fingerprint density at radius 1 is 0.543 bits per heavy atom. The van der Waals surface area contributed by atoms with Gasteiger partial charge in [-0.05, 0) is 63.1 Å². The minimum Gasteiger partial charge on any atom is -0.423 e. The number of carbonyl (C=O) groups is 4. The summed E-state index contributed by atoms with van der Waals surface area (Å²) in [5.41, 5.74) is 0.851. The molecule has 10 heteroatoms. The topological polar surface area (TPSA) is 105 Å². The molecule has 3 aromatic carbocycles. The second-order valence-corrected chi connectivity index (χ2v) is 10.3. The molecule has 0 atom stereocenters. The third kappa shape index (κ3) is 9.06. The smallest absolute Gasteiger partial charge is 0.338 e. The van der Waals surface area contributed by atoms with Crippen LogP contribution in [0, 0.1) is 11.6 Å². The van der Waals surface area contributed by atoms with E-state index < -0.39 is 41.3 Å². The standard InChI is InChI=1S/C36H30F2O8/c1-19(2)33(39)43-27-14-26(15-28(17-27)44-34(40)20(3)4)24-11-9-23(30(37)16-24)10-12-25-13-29(45-35(41)21(5)6)18-31(32(25)38)46-36(42)22(7)8/h9-18H,1,3,5,7H2,2,4,6,8H3/b12-10+. The van der Waals surface area contributed by atoms with Crippen LogP contribution in [-0.2, 0) is 19.2 Å². The van der Waals surface area contributed by atoms with Crippen LogP contribution in [0.25, 0.3) is 23.3 Å². The summed E-state index contributed by atoms with van der Waals surface area (Å²) < 4.78 is 51.5. The van der Waals surface area contributed by atoms with Crippen molar-refractivity contribution in [1.29, 1.82) is 0 Å². The first-order chi connectivity index (χ1) is 21.5. The molecule has 0 aromatic heterocycles. The molecular weight excluding hydrogens is 598 g/mol. The molecule has 0 amide bonds. The van der Waals surface area contributed by atoms with Crippen LogP contribution in [0.15, 0.2) is 97.1 Å². The molecule has 8 nitrogen and oxygen atoms in total. The van der Waals surface area contributed by atoms with Crippen LogP contribution in [0.3, 0.4) is 0 Å². The highest BCUT2D eigenvalue weighted by molar-refractivity contribution is 5.91. The molecule has 0 fully saturated rings. The van der Waals surface area contributed by atoms with Gasteiger partial charge in [0, 0.05) is 45.6 Å². The number of hydrogen-bond acceptors (Lipinski definition) is 8. The van der Waals surface area contributed by atoms with Crippen molar-refractivity contribution in [3.63, 3.8) is 0 Å². The van der Waals surface area contributed by atoms with Crippen molar-refractivity contribution in [2.24, 2.45) is 0 Å². The molecule has 0 aliphatic rings. The number of halogens is 2. The van der Waals surface area contributed by atoms with Crippen LogP contribution in [0.2, 0.25) is 0 Å². The van der Waals surface area contributed by atoms with Gasteiger partial charge in [0.05, 0.1) is 0 Å². The second-order valence-electron chi connectivity index (χ2n) is 10.3. The Bertz CT molecular complexity index is 1800. The van der Waals surface area contributed by atoms with E-state index in [1.165, 1.54) is 82.3 Å². The zero-order valence-corrected chi connectivity index (χ0v) is 25.6. The number of carbonyl (C=O) groups excluding carboxylic acids is 4. The van der Waals surface area contributed by atoms with E-state index >= 15 is 8.78 Å². The van der Waals surface area contributed by atoms with E-state index in [9.17, 15) is 19.2 Å². The lowest BCUT2D eigenvalue weighted by Gasteiger charge is -2.12. The van der Waals surface area contributed by atoms with Crippen molar-refractivity contribution in [3.05, 3.63) is 120 Å². The Hall–Kier alpha value is -5.90. The molecular formula is C36H30F2O8. The highest BCUT2D eigenvalue weighted by Crippen LogP contribution is 2.33. The molecule has 0 saturated carbocycles. The molecule has 0 saturated heterocycles. The Kier molecular flexibility index (Phi) is 11.1. The highest BCUT2D eigenvalue weighted by Gasteiger charge is 2.18. The van der Waals surface area contributed by atoms with Crippen molar-refractivity contribution in [2.75, 3.05) is 0 Å². The van der Waals surface area contributed by atoms with E-state index in [1.807, 2.05) is 0 Å². The third-order valence-corrected chi connectivity index (χ3v) is 5.93. The second kappa shape index (κ2) is 14.7. The summed E-state index contributed by atoms with van der Waals surface area (Å²) in [5.74, 6) is -5.49. The average Bonchev–Trinajstić information content (AvgIpc) is 2.97. The Labute approximate surface area is 264 Å². The molecule has 0 heterocycles. The van der Waals surface area contributed by atoms with Crippen LogP contribution >= 0.6 is 0 Å². The van der Waals surface area contributed by atoms with Crippen LogP contribution < -0.4 is 18.9 Å². The Morgan fingerprint density at radius 2 is 0.978 bits per heavy atom. The lowest BCUT2D eigenvalue weighted by molar-refractivity contribution is -0.131. The summed E-state index contributed by atoms with van der Waals surface area (Å²) >= 11 is 0. The monoisotopic (exact) mass is 628 g/mol. The van der Waals surface area contributed by atoms with Gasteiger partial charge >= 0.3 is 23.9 Å². The van der Waals surface area contributed by atoms with Gasteiger partial charge in [-0.15, -0.1) is 0 Å². The first kappa shape index (κ1) is 34.6. The van der Waals surface area contributed by atoms with E-state index in [-0.39, 0.29) is 50.7 Å². The zero-order valence-electron chi connectivity index (χ0n) is 25.6. The summed E-state index contributed by atoms with van der Waals surface area (Å²) in [6.07, 6.45) is 2.47. The lowest BCUT2D eigenvalue weighted by Crippen LogP contribution is -2.12. The predicted octanol–water partition coefficient (Wildman–Crippen LogP) is 7.73. The molecule has 0 unspecified atom stereocenters. The van der Waals surface area contributed by atoms with E-state index in [2.05, 4.69) is 26.3 Å². The van der Waals surface area contributed by atoms with Gasteiger partial charge < -0.3 is 18.9 Å². The van der Waals surface area contributed by atoms with Gasteiger partial charge in [0.25, 0.3) is 0 Å². The summed E-state index contributed by atoms with van der Waals surface area (Å²) in [4.78, 5) is 48.4. The van der Waals surface area contributed by atoms with Gasteiger partial charge in [-0.1, -0.05) is 50.6 Å². The first-order valence-electron chi connectivity index (χ1n) is 13.5. The highest BCUT2D eigenvalue weighted by atomic mass is 19.1. The van der Waals surface area contributed by atoms with Gasteiger partial charge in [-0.2, -0.15) is 0 Å². The van der Waals surface area contributed by atoms with Crippen molar-refractivity contribution in [2.45, 2.75) is 27.7 Å². The summed E-state index contributed by atoms with van der Waals surface area (Å²) in [6.45, 7) is 19.7. The molecule has 0 spiro atoms. The molecule has 0 N–H and O–H groups in total. The van der Waals surface area contributed by atoms with Crippen LogP contribution in [0.4, 0.5) is 8.78 Å². The fourth-order valence-electron chi connectivity index (χ4n) is 3.49. The molecule has 0 bridgehead atoms. The fourth-order valence-corrected chi connectivity index (χ4v) is 3.49. The minimum atomic E-state index is -0.976. The van der Waals surface area contributed by atoms with Crippen molar-refractivity contribution < 1.29 is 46.9 Å². The maximum absolute atomic E-state index is 15.4. The van der Waals surface area contributed by atoms with Crippen molar-refractivity contribution in [3.8, 4) is 34.1 Å². The normalized spacial score (nSPS) is 10.6. The molecule has 3 rings (SSSR count). The van der Waals surface area contributed by atoms with Gasteiger partial charge in [0.15, 0.2) is 11.6 Å². The largest absolute Gasteiger partial charge is 0.423 e. The summed E-state index contributed by atoms with van der Waals surface area (Å²) in [6, 6.07) is 10.5. The maximum Gasteiger partial charge on any atom is 0.338 e. The number of ether oxygens (including phenoxy) is 4. The van der Waals surface area contributed by atoms with Gasteiger partial charge in [-0.3, -0.25) is 0 Å². The van der Waals surface area contributed by atoms with Crippen molar-refractivity contribution >= 4 is 36.0 Å². The van der Waals surface area contributed by atoms with Crippen LogP contribution in [-0.4, -0.2) is 23.9 Å². The molecule has 0 aliphatic carbocycles.